The van der Waals surface area contributed by atoms with E-state index in [1.807, 2.05) is 0 Å². The van der Waals surface area contributed by atoms with Crippen LogP contribution in [0.2, 0.25) is 0 Å². The molecule has 0 aliphatic heterocycles. The Bertz CT molecular complexity index is 1100. The van der Waals surface area contributed by atoms with Gasteiger partial charge in [-0.25, -0.2) is 0 Å². The Morgan fingerprint density at radius 2 is 0.465 bits per heavy atom. The van der Waals surface area contributed by atoms with Gasteiger partial charge in [-0.2, -0.15) is 0 Å². The van der Waals surface area contributed by atoms with E-state index in [-0.39, 0.29) is 31.1 Å². The van der Waals surface area contributed by atoms with E-state index in [0.29, 0.717) is 19.3 Å². The van der Waals surface area contributed by atoms with Gasteiger partial charge in [-0.05, 0) is 44.9 Å². The summed E-state index contributed by atoms with van der Waals surface area (Å²) < 4.78 is 16.8. The fourth-order valence-corrected chi connectivity index (χ4v) is 9.91. The minimum absolute atomic E-state index is 0.0636. The third-order valence-electron chi connectivity index (χ3n) is 14.8. The Balaban J connectivity index is 3.93. The predicted octanol–water partition coefficient (Wildman–Crippen LogP) is 21.7. The molecule has 6 nitrogen and oxygen atoms in total. The summed E-state index contributed by atoms with van der Waals surface area (Å²) in [6.45, 7) is 6.64. The van der Waals surface area contributed by atoms with E-state index in [1.54, 1.807) is 0 Å². The molecule has 0 saturated carbocycles. The molecule has 420 valence electrons. The summed E-state index contributed by atoms with van der Waals surface area (Å²) in [4.78, 5) is 37.9. The number of hydrogen-bond donors (Lipinski definition) is 0. The van der Waals surface area contributed by atoms with Gasteiger partial charge in [0.1, 0.15) is 13.2 Å². The standard InChI is InChI=1S/C65H124O6/c1-4-7-10-13-16-18-20-22-24-26-27-28-29-30-31-32-33-34-35-36-37-38-39-40-42-43-45-47-49-52-55-58-64(67)70-61-62(60-69-63(66)57-54-51-15-12-9-6-3)71-65(68)59-56-53-50-48-46-44-41-25-23-21-19-17-14-11-8-5-2/h26-27,62H,4-25,28-61H2,1-3H3/b27-26-. The highest BCUT2D eigenvalue weighted by molar-refractivity contribution is 5.71. The van der Waals surface area contributed by atoms with Crippen LogP contribution in [0, 0.1) is 0 Å². The van der Waals surface area contributed by atoms with Crippen LogP contribution in [-0.4, -0.2) is 37.2 Å². The summed E-state index contributed by atoms with van der Waals surface area (Å²) in [6, 6.07) is 0. The summed E-state index contributed by atoms with van der Waals surface area (Å²) in [5.41, 5.74) is 0. The number of hydrogen-bond acceptors (Lipinski definition) is 6. The molecule has 0 radical (unpaired) electrons. The maximum atomic E-state index is 12.8. The van der Waals surface area contributed by atoms with Gasteiger partial charge in [0.2, 0.25) is 0 Å². The molecule has 0 aromatic rings. The SMILES string of the molecule is CCCCCCCCCC/C=C\CCCCCCCCCCCCCCCCCCCCCC(=O)OCC(COC(=O)CCCCCCCC)OC(=O)CCCCCCCCCCCCCCCCCC. The van der Waals surface area contributed by atoms with Crippen LogP contribution in [0.25, 0.3) is 0 Å². The van der Waals surface area contributed by atoms with E-state index < -0.39 is 6.10 Å². The molecule has 0 heterocycles. The van der Waals surface area contributed by atoms with Crippen molar-refractivity contribution >= 4 is 17.9 Å². The Morgan fingerprint density at radius 3 is 0.704 bits per heavy atom. The highest BCUT2D eigenvalue weighted by Gasteiger charge is 2.19. The zero-order valence-electron chi connectivity index (χ0n) is 48.3. The van der Waals surface area contributed by atoms with Crippen LogP contribution in [0.5, 0.6) is 0 Å². The summed E-state index contributed by atoms with van der Waals surface area (Å²) in [5.74, 6) is -0.848. The normalized spacial score (nSPS) is 12.0. The van der Waals surface area contributed by atoms with E-state index in [4.69, 9.17) is 14.2 Å². The Hall–Kier alpha value is -1.85. The van der Waals surface area contributed by atoms with Crippen LogP contribution in [0.3, 0.4) is 0 Å². The Labute approximate surface area is 443 Å². The Morgan fingerprint density at radius 1 is 0.268 bits per heavy atom. The van der Waals surface area contributed by atoms with Crippen molar-refractivity contribution in [3.8, 4) is 0 Å². The van der Waals surface area contributed by atoms with Crippen LogP contribution >= 0.6 is 0 Å². The maximum Gasteiger partial charge on any atom is 0.306 e. The second-order valence-corrected chi connectivity index (χ2v) is 22.0. The van der Waals surface area contributed by atoms with E-state index >= 15 is 0 Å². The predicted molar refractivity (Wildman–Crippen MR) is 307 cm³/mol. The van der Waals surface area contributed by atoms with Gasteiger partial charge in [-0.1, -0.05) is 315 Å². The first-order valence-corrected chi connectivity index (χ1v) is 32.2. The van der Waals surface area contributed by atoms with Crippen molar-refractivity contribution in [2.45, 2.75) is 374 Å². The van der Waals surface area contributed by atoms with Crippen LogP contribution in [0.1, 0.15) is 367 Å². The zero-order valence-corrected chi connectivity index (χ0v) is 48.3. The lowest BCUT2D eigenvalue weighted by Gasteiger charge is -2.18. The molecule has 0 aromatic carbocycles. The number of rotatable bonds is 60. The third-order valence-corrected chi connectivity index (χ3v) is 14.8. The van der Waals surface area contributed by atoms with Gasteiger partial charge < -0.3 is 14.2 Å². The molecule has 0 saturated heterocycles. The molecule has 6 heteroatoms. The largest absolute Gasteiger partial charge is 0.462 e. The molecule has 0 rings (SSSR count). The molecule has 0 fully saturated rings. The van der Waals surface area contributed by atoms with Gasteiger partial charge in [0, 0.05) is 19.3 Å². The number of esters is 3. The van der Waals surface area contributed by atoms with Gasteiger partial charge in [-0.15, -0.1) is 0 Å². The average molecular weight is 1000 g/mol. The van der Waals surface area contributed by atoms with E-state index in [1.165, 1.54) is 270 Å². The zero-order chi connectivity index (χ0) is 51.4. The number of ether oxygens (including phenoxy) is 3. The van der Waals surface area contributed by atoms with Crippen molar-refractivity contribution in [3.63, 3.8) is 0 Å². The van der Waals surface area contributed by atoms with Crippen molar-refractivity contribution in [2.24, 2.45) is 0 Å². The molecule has 1 unspecified atom stereocenters. The first-order valence-electron chi connectivity index (χ1n) is 32.2. The fourth-order valence-electron chi connectivity index (χ4n) is 9.91. The van der Waals surface area contributed by atoms with Crippen LogP contribution < -0.4 is 0 Å². The number of allylic oxidation sites excluding steroid dienone is 2. The molecule has 0 spiro atoms. The molecule has 0 aliphatic carbocycles. The second kappa shape index (κ2) is 60.7. The van der Waals surface area contributed by atoms with Gasteiger partial charge in [0.05, 0.1) is 0 Å². The molecule has 0 aromatic heterocycles. The third kappa shape index (κ3) is 58.9. The lowest BCUT2D eigenvalue weighted by Crippen LogP contribution is -2.30. The molecule has 0 N–H and O–H groups in total. The molecule has 0 amide bonds. The van der Waals surface area contributed by atoms with Crippen molar-refractivity contribution in [1.29, 1.82) is 0 Å². The first kappa shape index (κ1) is 69.2. The molecular weight excluding hydrogens is 877 g/mol. The molecule has 71 heavy (non-hydrogen) atoms. The molecule has 0 aliphatic rings. The summed E-state index contributed by atoms with van der Waals surface area (Å²) in [5, 5.41) is 0. The summed E-state index contributed by atoms with van der Waals surface area (Å²) in [6.07, 6.45) is 71.3. The highest BCUT2D eigenvalue weighted by atomic mass is 16.6. The van der Waals surface area contributed by atoms with Gasteiger partial charge in [0.25, 0.3) is 0 Å². The van der Waals surface area contributed by atoms with Crippen molar-refractivity contribution in [1.82, 2.24) is 0 Å². The van der Waals surface area contributed by atoms with Crippen molar-refractivity contribution in [2.75, 3.05) is 13.2 Å². The van der Waals surface area contributed by atoms with Gasteiger partial charge in [0.15, 0.2) is 6.10 Å². The average Bonchev–Trinajstić information content (AvgIpc) is 3.37. The lowest BCUT2D eigenvalue weighted by atomic mass is 10.0. The lowest BCUT2D eigenvalue weighted by molar-refractivity contribution is -0.167. The highest BCUT2D eigenvalue weighted by Crippen LogP contribution is 2.18. The monoisotopic (exact) mass is 1000 g/mol. The topological polar surface area (TPSA) is 78.9 Å². The number of carbonyl (C=O) groups excluding carboxylic acids is 3. The smallest absolute Gasteiger partial charge is 0.306 e. The molecule has 0 bridgehead atoms. The van der Waals surface area contributed by atoms with Crippen molar-refractivity contribution < 1.29 is 28.6 Å². The maximum absolute atomic E-state index is 12.8. The van der Waals surface area contributed by atoms with Crippen molar-refractivity contribution in [3.05, 3.63) is 12.2 Å². The van der Waals surface area contributed by atoms with Gasteiger partial charge >= 0.3 is 17.9 Å². The number of unbranched alkanes of at least 4 members (excludes halogenated alkanes) is 47. The van der Waals surface area contributed by atoms with E-state index in [0.717, 1.165) is 57.8 Å². The second-order valence-electron chi connectivity index (χ2n) is 22.0. The summed E-state index contributed by atoms with van der Waals surface area (Å²) >= 11 is 0. The quantitative estimate of drug-likeness (QED) is 0.0261. The number of carbonyl (C=O) groups is 3. The minimum Gasteiger partial charge on any atom is -0.462 e. The van der Waals surface area contributed by atoms with Crippen LogP contribution in [0.4, 0.5) is 0 Å². The molecular formula is C65H124O6. The first-order chi connectivity index (χ1) is 35.0. The molecule has 1 atom stereocenters. The van der Waals surface area contributed by atoms with E-state index in [9.17, 15) is 14.4 Å². The van der Waals surface area contributed by atoms with E-state index in [2.05, 4.69) is 32.9 Å². The Kier molecular flexibility index (Phi) is 59.1. The van der Waals surface area contributed by atoms with Gasteiger partial charge in [-0.3, -0.25) is 14.4 Å². The minimum atomic E-state index is -0.761. The van der Waals surface area contributed by atoms with Crippen LogP contribution in [-0.2, 0) is 28.6 Å². The van der Waals surface area contributed by atoms with Crippen LogP contribution in [0.15, 0.2) is 12.2 Å². The summed E-state index contributed by atoms with van der Waals surface area (Å²) in [7, 11) is 0. The fraction of sp³-hybridized carbons (Fsp3) is 0.923.